The monoisotopic (exact) mass is 398 g/mol. The van der Waals surface area contributed by atoms with Crippen molar-refractivity contribution in [2.75, 3.05) is 7.11 Å². The number of thiazole rings is 1. The molecule has 0 aliphatic carbocycles. The minimum atomic E-state index is -0.774. The lowest BCUT2D eigenvalue weighted by Gasteiger charge is -2.01. The first kappa shape index (κ1) is 17.9. The first-order valence-electron chi connectivity index (χ1n) is 8.09. The zero-order valence-corrected chi connectivity index (χ0v) is 15.3. The molecule has 4 aromatic rings. The highest BCUT2D eigenvalue weighted by atomic mass is 32.1. The average molecular weight is 398 g/mol. The van der Waals surface area contributed by atoms with E-state index in [9.17, 15) is 13.6 Å². The van der Waals surface area contributed by atoms with E-state index in [1.807, 2.05) is 0 Å². The van der Waals surface area contributed by atoms with Crippen molar-refractivity contribution < 1.29 is 22.7 Å². The highest BCUT2D eigenvalue weighted by Gasteiger charge is 2.17. The van der Waals surface area contributed by atoms with Crippen LogP contribution < -0.4 is 9.54 Å². The van der Waals surface area contributed by atoms with Gasteiger partial charge < -0.3 is 13.7 Å². The second-order valence-corrected chi connectivity index (χ2v) is 6.82. The molecule has 0 aliphatic heterocycles. The first-order chi connectivity index (χ1) is 13.5. The number of benzene rings is 2. The van der Waals surface area contributed by atoms with E-state index in [0.29, 0.717) is 21.4 Å². The maximum Gasteiger partial charge on any atom is 0.315 e. The predicted octanol–water partition coefficient (Wildman–Crippen LogP) is 4.11. The highest BCUT2D eigenvalue weighted by Crippen LogP contribution is 2.29. The van der Waals surface area contributed by atoms with E-state index >= 15 is 0 Å². The van der Waals surface area contributed by atoms with Crippen molar-refractivity contribution in [3.05, 3.63) is 58.6 Å². The minimum absolute atomic E-state index is 0.00383. The molecule has 0 fully saturated rings. The van der Waals surface area contributed by atoms with Gasteiger partial charge in [0.1, 0.15) is 5.82 Å². The fraction of sp³-hybridized carbons (Fsp3) is 0.100. The SMILES string of the molecule is C#CCn1c(=NC(=O)c2cc3cccc(OC)c3o2)sc2cc(F)cc(F)c21. The molecule has 0 atom stereocenters. The van der Waals surface area contributed by atoms with Gasteiger partial charge in [-0.05, 0) is 18.2 Å². The molecule has 0 radical (unpaired) electrons. The predicted molar refractivity (Wildman–Crippen MR) is 101 cm³/mol. The summed E-state index contributed by atoms with van der Waals surface area (Å²) in [6.07, 6.45) is 5.36. The van der Waals surface area contributed by atoms with Crippen molar-refractivity contribution in [2.24, 2.45) is 4.99 Å². The lowest BCUT2D eigenvalue weighted by molar-refractivity contribution is 0.0973. The standard InChI is InChI=1S/C20H12F2N2O3S/c1-3-7-24-17-13(22)9-12(21)10-16(17)28-20(24)23-19(25)15-8-11-5-4-6-14(26-2)18(11)27-15/h1,4-6,8-10H,7H2,2H3. The third-order valence-electron chi connectivity index (χ3n) is 4.08. The number of hydrogen-bond acceptors (Lipinski definition) is 4. The molecule has 1 amide bonds. The summed E-state index contributed by atoms with van der Waals surface area (Å²) in [5, 5.41) is 0.679. The first-order valence-corrected chi connectivity index (χ1v) is 8.91. The number of carbonyl (C=O) groups excluding carboxylic acids is 1. The number of carbonyl (C=O) groups is 1. The minimum Gasteiger partial charge on any atom is -0.493 e. The summed E-state index contributed by atoms with van der Waals surface area (Å²) < 4.78 is 40.2. The van der Waals surface area contributed by atoms with Crippen LogP contribution in [0.25, 0.3) is 21.2 Å². The molecule has 8 heteroatoms. The number of para-hydroxylation sites is 1. The molecule has 5 nitrogen and oxygen atoms in total. The average Bonchev–Trinajstić information content (AvgIpc) is 3.23. The van der Waals surface area contributed by atoms with E-state index in [0.717, 1.165) is 17.4 Å². The Morgan fingerprint density at radius 1 is 1.36 bits per heavy atom. The second kappa shape index (κ2) is 6.94. The molecule has 0 unspecified atom stereocenters. The number of aromatic nitrogens is 1. The fourth-order valence-electron chi connectivity index (χ4n) is 2.90. The number of amides is 1. The molecule has 0 bridgehead atoms. The Morgan fingerprint density at radius 3 is 2.93 bits per heavy atom. The van der Waals surface area contributed by atoms with Crippen LogP contribution >= 0.6 is 11.3 Å². The number of nitrogens with zero attached hydrogens (tertiary/aromatic N) is 2. The molecule has 0 saturated heterocycles. The molecular weight excluding hydrogens is 386 g/mol. The topological polar surface area (TPSA) is 56.7 Å². The summed E-state index contributed by atoms with van der Waals surface area (Å²) in [6.45, 7) is -0.0252. The van der Waals surface area contributed by atoms with Crippen LogP contribution in [0.1, 0.15) is 10.6 Å². The van der Waals surface area contributed by atoms with Gasteiger partial charge in [-0.3, -0.25) is 4.79 Å². The molecule has 2 aromatic carbocycles. The number of hydrogen-bond donors (Lipinski definition) is 0. The zero-order chi connectivity index (χ0) is 19.8. The number of terminal acetylenes is 1. The van der Waals surface area contributed by atoms with Gasteiger partial charge in [0.05, 0.1) is 23.9 Å². The lowest BCUT2D eigenvalue weighted by atomic mass is 10.2. The summed E-state index contributed by atoms with van der Waals surface area (Å²) in [5.41, 5.74) is 0.520. The van der Waals surface area contributed by atoms with Gasteiger partial charge in [-0.1, -0.05) is 29.4 Å². The van der Waals surface area contributed by atoms with Crippen molar-refractivity contribution in [1.82, 2.24) is 4.57 Å². The number of ether oxygens (including phenoxy) is 1. The van der Waals surface area contributed by atoms with Crippen LogP contribution in [0.15, 0.2) is 45.8 Å². The summed E-state index contributed by atoms with van der Waals surface area (Å²) in [5.74, 6) is 0.708. The molecule has 2 aromatic heterocycles. The molecule has 0 aliphatic rings. The fourth-order valence-corrected chi connectivity index (χ4v) is 3.96. The van der Waals surface area contributed by atoms with Gasteiger partial charge in [-0.2, -0.15) is 4.99 Å². The van der Waals surface area contributed by atoms with Crippen molar-refractivity contribution in [3.8, 4) is 18.1 Å². The van der Waals surface area contributed by atoms with Crippen LogP contribution in [0.2, 0.25) is 0 Å². The third-order valence-corrected chi connectivity index (χ3v) is 5.11. The number of fused-ring (bicyclic) bond motifs is 2. The van der Waals surface area contributed by atoms with Gasteiger partial charge in [0.2, 0.25) is 0 Å². The number of halogens is 2. The van der Waals surface area contributed by atoms with E-state index in [1.165, 1.54) is 17.7 Å². The smallest absolute Gasteiger partial charge is 0.315 e. The Morgan fingerprint density at radius 2 is 2.18 bits per heavy atom. The molecular formula is C20H12F2N2O3S. The molecule has 2 heterocycles. The van der Waals surface area contributed by atoms with Gasteiger partial charge in [0.25, 0.3) is 0 Å². The Balaban J connectivity index is 1.88. The van der Waals surface area contributed by atoms with Gasteiger partial charge >= 0.3 is 5.91 Å². The number of furan rings is 1. The van der Waals surface area contributed by atoms with Gasteiger partial charge in [-0.15, -0.1) is 6.42 Å². The maximum atomic E-state index is 14.2. The van der Waals surface area contributed by atoms with Crippen molar-refractivity contribution in [3.63, 3.8) is 0 Å². The summed E-state index contributed by atoms with van der Waals surface area (Å²) in [4.78, 5) is 16.8. The van der Waals surface area contributed by atoms with E-state index in [1.54, 1.807) is 24.3 Å². The lowest BCUT2D eigenvalue weighted by Crippen LogP contribution is -2.16. The molecule has 0 saturated carbocycles. The van der Waals surface area contributed by atoms with E-state index in [4.69, 9.17) is 15.6 Å². The number of methoxy groups -OCH3 is 1. The van der Waals surface area contributed by atoms with Crippen LogP contribution in [0.3, 0.4) is 0 Å². The molecule has 0 N–H and O–H groups in total. The van der Waals surface area contributed by atoms with E-state index in [2.05, 4.69) is 10.9 Å². The summed E-state index contributed by atoms with van der Waals surface area (Å²) in [7, 11) is 1.50. The normalized spacial score (nSPS) is 11.9. The quantitative estimate of drug-likeness (QED) is 0.488. The largest absolute Gasteiger partial charge is 0.493 e. The van der Waals surface area contributed by atoms with Crippen LogP contribution in [0.5, 0.6) is 5.75 Å². The van der Waals surface area contributed by atoms with Crippen LogP contribution in [-0.2, 0) is 6.54 Å². The van der Waals surface area contributed by atoms with E-state index in [-0.39, 0.29) is 22.6 Å². The Kier molecular flexibility index (Phi) is 4.45. The highest BCUT2D eigenvalue weighted by molar-refractivity contribution is 7.16. The van der Waals surface area contributed by atoms with Gasteiger partial charge in [-0.25, -0.2) is 8.78 Å². The van der Waals surface area contributed by atoms with Crippen molar-refractivity contribution in [2.45, 2.75) is 6.54 Å². The molecule has 28 heavy (non-hydrogen) atoms. The zero-order valence-electron chi connectivity index (χ0n) is 14.5. The maximum absolute atomic E-state index is 14.2. The van der Waals surface area contributed by atoms with Crippen LogP contribution in [0.4, 0.5) is 8.78 Å². The summed E-state index contributed by atoms with van der Waals surface area (Å²) in [6, 6.07) is 8.73. The van der Waals surface area contributed by atoms with Crippen LogP contribution in [0, 0.1) is 24.0 Å². The number of rotatable bonds is 3. The van der Waals surface area contributed by atoms with Gasteiger partial charge in [0, 0.05) is 11.5 Å². The van der Waals surface area contributed by atoms with Gasteiger partial charge in [0.15, 0.2) is 27.7 Å². The molecule has 140 valence electrons. The van der Waals surface area contributed by atoms with Crippen LogP contribution in [-0.4, -0.2) is 17.6 Å². The third kappa shape index (κ3) is 2.96. The second-order valence-electron chi connectivity index (χ2n) is 5.82. The Labute approximate surface area is 161 Å². The molecule has 0 spiro atoms. The van der Waals surface area contributed by atoms with Crippen molar-refractivity contribution >= 4 is 38.4 Å². The van der Waals surface area contributed by atoms with Crippen molar-refractivity contribution in [1.29, 1.82) is 0 Å². The summed E-state index contributed by atoms with van der Waals surface area (Å²) >= 11 is 0.963. The Bertz CT molecular complexity index is 1340. The molecule has 4 rings (SSSR count). The Hall–Kier alpha value is -3.44. The van der Waals surface area contributed by atoms with E-state index < -0.39 is 17.5 Å².